The molecule has 0 saturated carbocycles. The van der Waals surface area contributed by atoms with Crippen LogP contribution in [0, 0.1) is 5.41 Å². The van der Waals surface area contributed by atoms with Crippen molar-refractivity contribution in [1.82, 2.24) is 5.32 Å². The lowest BCUT2D eigenvalue weighted by Crippen LogP contribution is -2.52. The van der Waals surface area contributed by atoms with Gasteiger partial charge in [-0.05, 0) is 28.9 Å². The van der Waals surface area contributed by atoms with Crippen LogP contribution in [0.4, 0.5) is 0 Å². The molecule has 1 heteroatoms. The lowest BCUT2D eigenvalue weighted by Gasteiger charge is -2.46. The van der Waals surface area contributed by atoms with E-state index in [0.717, 1.165) is 6.54 Å². The highest BCUT2D eigenvalue weighted by Gasteiger charge is 2.38. The fourth-order valence-electron chi connectivity index (χ4n) is 2.43. The highest BCUT2D eigenvalue weighted by atomic mass is 15.0. The molecule has 2 unspecified atom stereocenters. The molecule has 1 heterocycles. The molecule has 0 bridgehead atoms. The van der Waals surface area contributed by atoms with Crippen molar-refractivity contribution < 1.29 is 0 Å². The Labute approximate surface area is 99.3 Å². The Morgan fingerprint density at radius 2 is 1.94 bits per heavy atom. The van der Waals surface area contributed by atoms with Crippen LogP contribution in [0.25, 0.3) is 0 Å². The van der Waals surface area contributed by atoms with Gasteiger partial charge in [-0.3, -0.25) is 0 Å². The van der Waals surface area contributed by atoms with Crippen LogP contribution in [-0.4, -0.2) is 6.54 Å². The molecule has 2 rings (SSSR count). The summed E-state index contributed by atoms with van der Waals surface area (Å²) in [6.07, 6.45) is 1.21. The predicted molar refractivity (Wildman–Crippen MR) is 69.7 cm³/mol. The monoisotopic (exact) mass is 217 g/mol. The third-order valence-electron chi connectivity index (χ3n) is 3.99. The quantitative estimate of drug-likeness (QED) is 0.810. The van der Waals surface area contributed by atoms with E-state index in [-0.39, 0.29) is 0 Å². The maximum atomic E-state index is 3.51. The zero-order valence-corrected chi connectivity index (χ0v) is 10.9. The smallest absolute Gasteiger partial charge is 0.0384 e. The Morgan fingerprint density at radius 1 is 1.31 bits per heavy atom. The van der Waals surface area contributed by atoms with Crippen LogP contribution >= 0.6 is 0 Å². The summed E-state index contributed by atoms with van der Waals surface area (Å²) >= 11 is 0. The van der Waals surface area contributed by atoms with Crippen LogP contribution in [0.15, 0.2) is 24.3 Å². The van der Waals surface area contributed by atoms with E-state index in [1.165, 1.54) is 17.5 Å². The van der Waals surface area contributed by atoms with E-state index in [2.05, 4.69) is 57.3 Å². The summed E-state index contributed by atoms with van der Waals surface area (Å²) in [5.74, 6) is 0.677. The average molecular weight is 217 g/mol. The van der Waals surface area contributed by atoms with Crippen LogP contribution < -0.4 is 5.32 Å². The molecule has 0 amide bonds. The van der Waals surface area contributed by atoms with Gasteiger partial charge < -0.3 is 5.32 Å². The number of nitrogens with one attached hydrogen (secondary N) is 1. The summed E-state index contributed by atoms with van der Waals surface area (Å²) in [5.41, 5.74) is 3.31. The minimum Gasteiger partial charge on any atom is -0.309 e. The summed E-state index contributed by atoms with van der Waals surface area (Å²) in [6, 6.07) is 9.71. The van der Waals surface area contributed by atoms with Crippen LogP contribution in [-0.2, 0) is 0 Å². The number of hydrogen-bond donors (Lipinski definition) is 1. The van der Waals surface area contributed by atoms with Crippen molar-refractivity contribution in [3.8, 4) is 0 Å². The third kappa shape index (κ3) is 2.01. The fraction of sp³-hybridized carbons (Fsp3) is 0.600. The van der Waals surface area contributed by atoms with Crippen LogP contribution in [0.1, 0.15) is 57.2 Å². The molecule has 1 nitrogen and oxygen atoms in total. The molecule has 0 radical (unpaired) electrons. The van der Waals surface area contributed by atoms with Gasteiger partial charge in [0.25, 0.3) is 0 Å². The second kappa shape index (κ2) is 4.21. The van der Waals surface area contributed by atoms with E-state index in [1.807, 2.05) is 0 Å². The third-order valence-corrected chi connectivity index (χ3v) is 3.99. The molecule has 2 atom stereocenters. The van der Waals surface area contributed by atoms with Gasteiger partial charge in [0.1, 0.15) is 0 Å². The molecular formula is C15H23N. The Hall–Kier alpha value is -0.820. The largest absolute Gasteiger partial charge is 0.309 e. The lowest BCUT2D eigenvalue weighted by molar-refractivity contribution is 0.128. The summed E-state index contributed by atoms with van der Waals surface area (Å²) < 4.78 is 0. The molecule has 88 valence electrons. The highest BCUT2D eigenvalue weighted by molar-refractivity contribution is 5.29. The number of hydrogen-bond acceptors (Lipinski definition) is 1. The molecule has 1 N–H and O–H groups in total. The first-order chi connectivity index (χ1) is 7.54. The molecule has 1 saturated heterocycles. The number of rotatable bonds is 3. The molecular weight excluding hydrogens is 194 g/mol. The first kappa shape index (κ1) is 11.7. The lowest BCUT2D eigenvalue weighted by atomic mass is 9.74. The maximum absolute atomic E-state index is 3.51. The van der Waals surface area contributed by atoms with Crippen molar-refractivity contribution in [2.24, 2.45) is 5.41 Å². The molecule has 0 aromatic heterocycles. The van der Waals surface area contributed by atoms with Crippen molar-refractivity contribution in [1.29, 1.82) is 0 Å². The molecule has 1 aliphatic rings. The van der Waals surface area contributed by atoms with E-state index in [1.54, 1.807) is 0 Å². The molecule has 1 aromatic carbocycles. The topological polar surface area (TPSA) is 12.0 Å². The Balaban J connectivity index is 2.14. The SMILES string of the molecule is CCC(C)c1ccc(C2NCC2(C)C)cc1. The first-order valence-electron chi connectivity index (χ1n) is 6.38. The van der Waals surface area contributed by atoms with E-state index in [9.17, 15) is 0 Å². The molecule has 16 heavy (non-hydrogen) atoms. The van der Waals surface area contributed by atoms with Crippen molar-refractivity contribution in [2.45, 2.75) is 46.1 Å². The minimum atomic E-state index is 0.415. The van der Waals surface area contributed by atoms with Crippen LogP contribution in [0.3, 0.4) is 0 Å². The molecule has 1 aromatic rings. The van der Waals surface area contributed by atoms with E-state index >= 15 is 0 Å². The molecule has 1 fully saturated rings. The Kier molecular flexibility index (Phi) is 3.07. The van der Waals surface area contributed by atoms with Gasteiger partial charge in [0.15, 0.2) is 0 Å². The summed E-state index contributed by atoms with van der Waals surface area (Å²) in [6.45, 7) is 10.3. The fourth-order valence-corrected chi connectivity index (χ4v) is 2.43. The van der Waals surface area contributed by atoms with Gasteiger partial charge >= 0.3 is 0 Å². The van der Waals surface area contributed by atoms with Gasteiger partial charge in [-0.15, -0.1) is 0 Å². The first-order valence-corrected chi connectivity index (χ1v) is 6.38. The maximum Gasteiger partial charge on any atom is 0.0384 e. The van der Waals surface area contributed by atoms with Gasteiger partial charge in [0.2, 0.25) is 0 Å². The Morgan fingerprint density at radius 3 is 2.31 bits per heavy atom. The van der Waals surface area contributed by atoms with Crippen molar-refractivity contribution >= 4 is 0 Å². The highest BCUT2D eigenvalue weighted by Crippen LogP contribution is 2.40. The van der Waals surface area contributed by atoms with E-state index in [0.29, 0.717) is 17.4 Å². The van der Waals surface area contributed by atoms with Crippen LogP contribution in [0.5, 0.6) is 0 Å². The zero-order valence-electron chi connectivity index (χ0n) is 10.9. The summed E-state index contributed by atoms with van der Waals surface area (Å²) in [4.78, 5) is 0. The zero-order chi connectivity index (χ0) is 11.8. The van der Waals surface area contributed by atoms with Gasteiger partial charge in [0.05, 0.1) is 0 Å². The summed E-state index contributed by atoms with van der Waals surface area (Å²) in [5, 5.41) is 3.51. The van der Waals surface area contributed by atoms with E-state index in [4.69, 9.17) is 0 Å². The second-order valence-corrected chi connectivity index (χ2v) is 5.78. The Bertz CT molecular complexity index is 350. The van der Waals surface area contributed by atoms with E-state index < -0.39 is 0 Å². The predicted octanol–water partition coefficient (Wildman–Crippen LogP) is 3.87. The number of benzene rings is 1. The molecule has 0 aliphatic carbocycles. The van der Waals surface area contributed by atoms with Gasteiger partial charge in [0, 0.05) is 12.6 Å². The van der Waals surface area contributed by atoms with Crippen LogP contribution in [0.2, 0.25) is 0 Å². The minimum absolute atomic E-state index is 0.415. The van der Waals surface area contributed by atoms with Crippen molar-refractivity contribution in [3.05, 3.63) is 35.4 Å². The van der Waals surface area contributed by atoms with Gasteiger partial charge in [-0.25, -0.2) is 0 Å². The van der Waals surface area contributed by atoms with Gasteiger partial charge in [-0.2, -0.15) is 0 Å². The van der Waals surface area contributed by atoms with Gasteiger partial charge in [-0.1, -0.05) is 52.0 Å². The summed E-state index contributed by atoms with van der Waals surface area (Å²) in [7, 11) is 0. The molecule has 1 aliphatic heterocycles. The van der Waals surface area contributed by atoms with Crippen molar-refractivity contribution in [2.75, 3.05) is 6.54 Å². The standard InChI is InChI=1S/C15H23N/c1-5-11(2)12-6-8-13(9-7-12)14-15(3,4)10-16-14/h6-9,11,14,16H,5,10H2,1-4H3. The average Bonchev–Trinajstić information content (AvgIpc) is 2.28. The normalized spacial score (nSPS) is 24.9. The molecule has 0 spiro atoms. The van der Waals surface area contributed by atoms with Crippen molar-refractivity contribution in [3.63, 3.8) is 0 Å². The second-order valence-electron chi connectivity index (χ2n) is 5.78.